The number of carboxylic acid groups (broad SMARTS) is 1. The Balaban J connectivity index is 2.11. The largest absolute Gasteiger partial charge is 0.481 e. The van der Waals surface area contributed by atoms with Gasteiger partial charge in [-0.2, -0.15) is 5.10 Å². The number of aryl methyl sites for hydroxylation is 2. The molecule has 0 bridgehead atoms. The summed E-state index contributed by atoms with van der Waals surface area (Å²) in [4.78, 5) is 35.7. The highest BCUT2D eigenvalue weighted by molar-refractivity contribution is 6.40. The maximum atomic E-state index is 12.4. The van der Waals surface area contributed by atoms with Crippen LogP contribution in [0.1, 0.15) is 44.2 Å². The summed E-state index contributed by atoms with van der Waals surface area (Å²) in [5.41, 5.74) is 1.94. The van der Waals surface area contributed by atoms with Gasteiger partial charge in [0.05, 0.1) is 11.1 Å². The summed E-state index contributed by atoms with van der Waals surface area (Å²) in [5, 5.41) is 17.4. The highest BCUT2D eigenvalue weighted by Gasteiger charge is 2.29. The smallest absolute Gasteiger partial charge is 0.309 e. The summed E-state index contributed by atoms with van der Waals surface area (Å²) in [5.74, 6) is -1.43. The second kappa shape index (κ2) is 7.68. The Morgan fingerprint density at radius 2 is 1.96 bits per heavy atom. The number of aliphatic carboxylic acids is 1. The molecule has 1 aromatic carbocycles. The van der Waals surface area contributed by atoms with Crippen molar-refractivity contribution in [3.8, 4) is 0 Å². The molecule has 0 saturated heterocycles. The fraction of sp³-hybridized carbons (Fsp3) is 0.474. The zero-order valence-electron chi connectivity index (χ0n) is 15.6. The van der Waals surface area contributed by atoms with Crippen molar-refractivity contribution >= 4 is 29.2 Å². The monoisotopic (exact) mass is 359 g/mol. The summed E-state index contributed by atoms with van der Waals surface area (Å²) >= 11 is 0. The third kappa shape index (κ3) is 4.47. The number of carbonyl (C=O) groups excluding carboxylic acids is 2. The van der Waals surface area contributed by atoms with Gasteiger partial charge >= 0.3 is 5.97 Å². The van der Waals surface area contributed by atoms with Crippen LogP contribution in [0.4, 0.5) is 5.69 Å². The molecule has 0 spiro atoms. The summed E-state index contributed by atoms with van der Waals surface area (Å²) in [6.07, 6.45) is 0.787. The van der Waals surface area contributed by atoms with Crippen LogP contribution in [0.25, 0.3) is 0 Å². The third-order valence-electron chi connectivity index (χ3n) is 4.50. The Hall–Kier alpha value is -2.70. The second-order valence-corrected chi connectivity index (χ2v) is 7.24. The Morgan fingerprint density at radius 3 is 2.62 bits per heavy atom. The van der Waals surface area contributed by atoms with Crippen molar-refractivity contribution in [1.82, 2.24) is 5.32 Å². The molecule has 1 aromatic rings. The van der Waals surface area contributed by atoms with Crippen molar-refractivity contribution in [2.45, 2.75) is 47.0 Å². The van der Waals surface area contributed by atoms with E-state index in [1.54, 1.807) is 13.8 Å². The number of anilines is 1. The number of amides is 2. The van der Waals surface area contributed by atoms with Gasteiger partial charge in [-0.15, -0.1) is 0 Å². The minimum absolute atomic E-state index is 0.151. The molecule has 0 aromatic heterocycles. The lowest BCUT2D eigenvalue weighted by atomic mass is 9.90. The first-order chi connectivity index (χ1) is 12.1. The molecule has 7 heteroatoms. The molecule has 1 aliphatic heterocycles. The number of carbonyl (C=O) groups is 3. The molecule has 140 valence electrons. The molecular formula is C19H25N3O4. The highest BCUT2D eigenvalue weighted by atomic mass is 16.4. The van der Waals surface area contributed by atoms with E-state index >= 15 is 0 Å². The Bertz CT molecular complexity index is 768. The van der Waals surface area contributed by atoms with Gasteiger partial charge in [-0.05, 0) is 51.3 Å². The molecule has 1 heterocycles. The predicted molar refractivity (Wildman–Crippen MR) is 99.1 cm³/mol. The van der Waals surface area contributed by atoms with E-state index in [9.17, 15) is 14.4 Å². The van der Waals surface area contributed by atoms with E-state index < -0.39 is 11.4 Å². The number of rotatable bonds is 6. The molecule has 0 radical (unpaired) electrons. The fourth-order valence-electron chi connectivity index (χ4n) is 2.55. The number of hydrogen-bond acceptors (Lipinski definition) is 4. The van der Waals surface area contributed by atoms with E-state index in [1.807, 2.05) is 32.0 Å². The van der Waals surface area contributed by atoms with E-state index in [0.29, 0.717) is 12.1 Å². The molecule has 7 nitrogen and oxygen atoms in total. The fourth-order valence-corrected chi connectivity index (χ4v) is 2.55. The summed E-state index contributed by atoms with van der Waals surface area (Å²) in [7, 11) is 0. The van der Waals surface area contributed by atoms with Crippen LogP contribution in [-0.4, -0.2) is 35.1 Å². The lowest BCUT2D eigenvalue weighted by molar-refractivity contribution is -0.147. The van der Waals surface area contributed by atoms with Crippen LogP contribution in [0.15, 0.2) is 23.3 Å². The van der Waals surface area contributed by atoms with Crippen LogP contribution in [-0.2, 0) is 14.4 Å². The lowest BCUT2D eigenvalue weighted by Crippen LogP contribution is -2.40. The topological polar surface area (TPSA) is 99.1 Å². The molecule has 0 saturated carbocycles. The maximum Gasteiger partial charge on any atom is 0.309 e. The summed E-state index contributed by atoms with van der Waals surface area (Å²) in [6.45, 7) is 7.27. The van der Waals surface area contributed by atoms with Crippen LogP contribution in [0.5, 0.6) is 0 Å². The molecular weight excluding hydrogens is 334 g/mol. The minimum Gasteiger partial charge on any atom is -0.481 e. The van der Waals surface area contributed by atoms with Gasteiger partial charge < -0.3 is 10.4 Å². The summed E-state index contributed by atoms with van der Waals surface area (Å²) in [6, 6.07) is 5.73. The molecule has 1 aliphatic rings. The third-order valence-corrected chi connectivity index (χ3v) is 4.50. The Morgan fingerprint density at radius 1 is 1.27 bits per heavy atom. The lowest BCUT2D eigenvalue weighted by Gasteiger charge is -2.25. The van der Waals surface area contributed by atoms with Crippen LogP contribution in [0.2, 0.25) is 0 Å². The molecule has 2 rings (SSSR count). The molecule has 0 atom stereocenters. The van der Waals surface area contributed by atoms with Gasteiger partial charge in [0, 0.05) is 19.4 Å². The zero-order valence-corrected chi connectivity index (χ0v) is 15.6. The van der Waals surface area contributed by atoms with Crippen LogP contribution in [0, 0.1) is 19.3 Å². The van der Waals surface area contributed by atoms with Crippen molar-refractivity contribution in [3.63, 3.8) is 0 Å². The Labute approximate surface area is 153 Å². The molecule has 0 fully saturated rings. The van der Waals surface area contributed by atoms with Crippen LogP contribution in [0.3, 0.4) is 0 Å². The quantitative estimate of drug-likeness (QED) is 0.815. The number of hydrazone groups is 1. The summed E-state index contributed by atoms with van der Waals surface area (Å²) < 4.78 is 0. The van der Waals surface area contributed by atoms with Crippen LogP contribution < -0.4 is 10.3 Å². The van der Waals surface area contributed by atoms with E-state index in [1.165, 1.54) is 5.01 Å². The standard InChI is InChI=1S/C19H25N3O4/c1-12-5-6-13(2)15(11-12)22-16(23)8-7-14(21-22)17(24)20-10-9-19(3,4)18(25)26/h5-6,11H,7-10H2,1-4H3,(H,20,24)(H,25,26). The average Bonchev–Trinajstić information content (AvgIpc) is 2.57. The van der Waals surface area contributed by atoms with E-state index in [0.717, 1.165) is 11.1 Å². The molecule has 0 unspecified atom stereocenters. The number of hydrogen-bond donors (Lipinski definition) is 2. The zero-order chi connectivity index (χ0) is 19.5. The van der Waals surface area contributed by atoms with Gasteiger partial charge in [0.1, 0.15) is 5.71 Å². The van der Waals surface area contributed by atoms with Gasteiger partial charge in [0.25, 0.3) is 5.91 Å². The van der Waals surface area contributed by atoms with Gasteiger partial charge in [0.2, 0.25) is 5.91 Å². The first-order valence-electron chi connectivity index (χ1n) is 8.61. The molecule has 2 amide bonds. The number of nitrogens with one attached hydrogen (secondary N) is 1. The van der Waals surface area contributed by atoms with Gasteiger partial charge in [-0.1, -0.05) is 12.1 Å². The van der Waals surface area contributed by atoms with Crippen LogP contribution >= 0.6 is 0 Å². The van der Waals surface area contributed by atoms with Crippen molar-refractivity contribution in [2.75, 3.05) is 11.6 Å². The van der Waals surface area contributed by atoms with Gasteiger partial charge in [-0.25, -0.2) is 5.01 Å². The first kappa shape index (κ1) is 19.6. The molecule has 26 heavy (non-hydrogen) atoms. The normalized spacial score (nSPS) is 14.8. The minimum atomic E-state index is -0.914. The van der Waals surface area contributed by atoms with Crippen molar-refractivity contribution in [3.05, 3.63) is 29.3 Å². The van der Waals surface area contributed by atoms with Crippen molar-refractivity contribution < 1.29 is 19.5 Å². The number of nitrogens with zero attached hydrogens (tertiary/aromatic N) is 2. The predicted octanol–water partition coefficient (Wildman–Crippen LogP) is 2.40. The average molecular weight is 359 g/mol. The second-order valence-electron chi connectivity index (χ2n) is 7.24. The van der Waals surface area contributed by atoms with Gasteiger partial charge in [0.15, 0.2) is 0 Å². The van der Waals surface area contributed by atoms with Crippen molar-refractivity contribution in [1.29, 1.82) is 0 Å². The maximum absolute atomic E-state index is 12.4. The first-order valence-corrected chi connectivity index (χ1v) is 8.61. The molecule has 0 aliphatic carbocycles. The Kier molecular flexibility index (Phi) is 5.79. The van der Waals surface area contributed by atoms with Gasteiger partial charge in [-0.3, -0.25) is 14.4 Å². The van der Waals surface area contributed by atoms with Crippen molar-refractivity contribution in [2.24, 2.45) is 10.5 Å². The van der Waals surface area contributed by atoms with E-state index in [2.05, 4.69) is 10.4 Å². The highest BCUT2D eigenvalue weighted by Crippen LogP contribution is 2.25. The molecule has 2 N–H and O–H groups in total. The number of carboxylic acids is 1. The van der Waals surface area contributed by atoms with E-state index in [4.69, 9.17) is 5.11 Å². The van der Waals surface area contributed by atoms with E-state index in [-0.39, 0.29) is 36.9 Å². The SMILES string of the molecule is Cc1ccc(C)c(N2N=C(C(=O)NCCC(C)(C)C(=O)O)CCC2=O)c1. The number of benzene rings is 1.